The van der Waals surface area contributed by atoms with Crippen LogP contribution in [0.5, 0.6) is 0 Å². The Labute approximate surface area is 78.9 Å². The summed E-state index contributed by atoms with van der Waals surface area (Å²) < 4.78 is 0. The highest BCUT2D eigenvalue weighted by Crippen LogP contribution is 2.03. The van der Waals surface area contributed by atoms with Crippen molar-refractivity contribution in [1.29, 1.82) is 0 Å². The minimum atomic E-state index is 0. The molecule has 0 radical (unpaired) electrons. The molecular formula is C8H15BrN2. The van der Waals surface area contributed by atoms with Gasteiger partial charge in [0.25, 0.3) is 0 Å². The molecule has 3 heteroatoms. The molecule has 0 aromatic rings. The fourth-order valence-corrected chi connectivity index (χ4v) is 0.991. The predicted molar refractivity (Wildman–Crippen MR) is 53.6 cm³/mol. The normalized spacial score (nSPS) is 15.0. The molecule has 0 aliphatic carbocycles. The van der Waals surface area contributed by atoms with E-state index in [4.69, 9.17) is 0 Å². The summed E-state index contributed by atoms with van der Waals surface area (Å²) in [6, 6.07) is 0. The lowest BCUT2D eigenvalue weighted by Crippen LogP contribution is -2.22. The Morgan fingerprint density at radius 3 is 2.73 bits per heavy atom. The second kappa shape index (κ2) is 5.24. The van der Waals surface area contributed by atoms with E-state index in [-0.39, 0.29) is 17.0 Å². The largest absolute Gasteiger partial charge is 0.362 e. The van der Waals surface area contributed by atoms with Crippen LogP contribution in [0.1, 0.15) is 6.42 Å². The second-order valence-corrected chi connectivity index (χ2v) is 2.59. The molecule has 0 spiro atoms. The molecule has 0 aromatic heterocycles. The molecule has 1 heterocycles. The Bertz CT molecular complexity index is 145. The SMILES string of the molecule is Br.C=CCCN1C=CN(C)C1. The molecule has 2 nitrogen and oxygen atoms in total. The summed E-state index contributed by atoms with van der Waals surface area (Å²) in [6.07, 6.45) is 7.22. The summed E-state index contributed by atoms with van der Waals surface area (Å²) in [5.41, 5.74) is 0. The quantitative estimate of drug-likeness (QED) is 0.668. The summed E-state index contributed by atoms with van der Waals surface area (Å²) in [5.74, 6) is 0. The summed E-state index contributed by atoms with van der Waals surface area (Å²) in [4.78, 5) is 4.42. The average molecular weight is 219 g/mol. The zero-order valence-corrected chi connectivity index (χ0v) is 8.58. The van der Waals surface area contributed by atoms with Crippen LogP contribution in [0.2, 0.25) is 0 Å². The van der Waals surface area contributed by atoms with Crippen molar-refractivity contribution in [2.24, 2.45) is 0 Å². The fourth-order valence-electron chi connectivity index (χ4n) is 0.991. The lowest BCUT2D eigenvalue weighted by atomic mass is 10.4. The first-order valence-corrected chi connectivity index (χ1v) is 3.56. The topological polar surface area (TPSA) is 6.48 Å². The van der Waals surface area contributed by atoms with Gasteiger partial charge in [0.15, 0.2) is 0 Å². The van der Waals surface area contributed by atoms with E-state index in [1.54, 1.807) is 0 Å². The van der Waals surface area contributed by atoms with Crippen molar-refractivity contribution in [3.05, 3.63) is 25.1 Å². The van der Waals surface area contributed by atoms with Crippen LogP contribution in [-0.2, 0) is 0 Å². The summed E-state index contributed by atoms with van der Waals surface area (Å²) in [7, 11) is 2.07. The monoisotopic (exact) mass is 218 g/mol. The van der Waals surface area contributed by atoms with E-state index >= 15 is 0 Å². The van der Waals surface area contributed by atoms with Crippen LogP contribution in [0.25, 0.3) is 0 Å². The van der Waals surface area contributed by atoms with Crippen LogP contribution in [0, 0.1) is 0 Å². The van der Waals surface area contributed by atoms with Crippen LogP contribution in [0.15, 0.2) is 25.1 Å². The Hall–Kier alpha value is -0.440. The summed E-state index contributed by atoms with van der Waals surface area (Å²) in [6.45, 7) is 5.79. The molecule has 0 aromatic carbocycles. The summed E-state index contributed by atoms with van der Waals surface area (Å²) >= 11 is 0. The van der Waals surface area contributed by atoms with Crippen LogP contribution in [0.3, 0.4) is 0 Å². The highest BCUT2D eigenvalue weighted by Gasteiger charge is 2.05. The van der Waals surface area contributed by atoms with Gasteiger partial charge in [-0.05, 0) is 6.42 Å². The maximum atomic E-state index is 3.68. The van der Waals surface area contributed by atoms with Gasteiger partial charge in [-0.1, -0.05) is 6.08 Å². The summed E-state index contributed by atoms with van der Waals surface area (Å²) in [5, 5.41) is 0. The van der Waals surface area contributed by atoms with Crippen molar-refractivity contribution in [3.63, 3.8) is 0 Å². The zero-order chi connectivity index (χ0) is 7.40. The standard InChI is InChI=1S/C8H14N2.BrH/c1-3-4-5-10-7-6-9(2)8-10;/h3,6-7H,1,4-5,8H2,2H3;1H. The van der Waals surface area contributed by atoms with E-state index in [1.807, 2.05) is 6.08 Å². The molecule has 0 saturated heterocycles. The lowest BCUT2D eigenvalue weighted by molar-refractivity contribution is 0.301. The first-order chi connectivity index (χ1) is 4.83. The molecule has 11 heavy (non-hydrogen) atoms. The molecule has 0 unspecified atom stereocenters. The van der Waals surface area contributed by atoms with E-state index in [0.29, 0.717) is 0 Å². The molecule has 1 rings (SSSR count). The highest BCUT2D eigenvalue weighted by atomic mass is 79.9. The van der Waals surface area contributed by atoms with E-state index in [2.05, 4.69) is 35.8 Å². The molecule has 1 aliphatic rings. The minimum absolute atomic E-state index is 0. The molecule has 1 aliphatic heterocycles. The van der Waals surface area contributed by atoms with Crippen LogP contribution in [-0.4, -0.2) is 30.1 Å². The van der Waals surface area contributed by atoms with Crippen molar-refractivity contribution >= 4 is 17.0 Å². The van der Waals surface area contributed by atoms with E-state index < -0.39 is 0 Å². The number of nitrogens with zero attached hydrogens (tertiary/aromatic N) is 2. The van der Waals surface area contributed by atoms with E-state index in [1.165, 1.54) is 0 Å². The van der Waals surface area contributed by atoms with Crippen molar-refractivity contribution in [2.75, 3.05) is 20.3 Å². The number of halogens is 1. The Balaban J connectivity index is 0.000001000. The second-order valence-electron chi connectivity index (χ2n) is 2.59. The number of rotatable bonds is 3. The maximum absolute atomic E-state index is 3.68. The van der Waals surface area contributed by atoms with E-state index in [0.717, 1.165) is 19.6 Å². The Morgan fingerprint density at radius 1 is 1.55 bits per heavy atom. The third kappa shape index (κ3) is 3.46. The zero-order valence-electron chi connectivity index (χ0n) is 6.86. The lowest BCUT2D eigenvalue weighted by Gasteiger charge is -2.16. The van der Waals surface area contributed by atoms with Gasteiger partial charge in [-0.15, -0.1) is 23.6 Å². The number of hydrogen-bond donors (Lipinski definition) is 0. The van der Waals surface area contributed by atoms with Gasteiger partial charge in [-0.3, -0.25) is 0 Å². The van der Waals surface area contributed by atoms with Gasteiger partial charge >= 0.3 is 0 Å². The van der Waals surface area contributed by atoms with Gasteiger partial charge in [0.2, 0.25) is 0 Å². The number of hydrogen-bond acceptors (Lipinski definition) is 2. The third-order valence-corrected chi connectivity index (χ3v) is 1.56. The van der Waals surface area contributed by atoms with E-state index in [9.17, 15) is 0 Å². The molecule has 0 amide bonds. The first kappa shape index (κ1) is 10.6. The molecule has 0 fully saturated rings. The maximum Gasteiger partial charge on any atom is 0.0890 e. The van der Waals surface area contributed by atoms with Crippen molar-refractivity contribution in [1.82, 2.24) is 9.80 Å². The van der Waals surface area contributed by atoms with Crippen LogP contribution in [0.4, 0.5) is 0 Å². The smallest absolute Gasteiger partial charge is 0.0890 e. The minimum Gasteiger partial charge on any atom is -0.362 e. The molecule has 0 saturated carbocycles. The van der Waals surface area contributed by atoms with Crippen molar-refractivity contribution in [3.8, 4) is 0 Å². The van der Waals surface area contributed by atoms with Gasteiger partial charge in [-0.25, -0.2) is 0 Å². The van der Waals surface area contributed by atoms with Crippen LogP contribution < -0.4 is 0 Å². The molecule has 0 N–H and O–H groups in total. The average Bonchev–Trinajstić information content (AvgIpc) is 2.31. The Morgan fingerprint density at radius 2 is 2.27 bits per heavy atom. The third-order valence-electron chi connectivity index (χ3n) is 1.56. The molecule has 0 bridgehead atoms. The molecular weight excluding hydrogens is 204 g/mol. The van der Waals surface area contributed by atoms with Gasteiger partial charge < -0.3 is 9.80 Å². The first-order valence-electron chi connectivity index (χ1n) is 3.56. The van der Waals surface area contributed by atoms with Gasteiger partial charge in [-0.2, -0.15) is 0 Å². The molecule has 0 atom stereocenters. The fraction of sp³-hybridized carbons (Fsp3) is 0.500. The van der Waals surface area contributed by atoms with Gasteiger partial charge in [0.1, 0.15) is 0 Å². The van der Waals surface area contributed by atoms with Crippen LogP contribution >= 0.6 is 17.0 Å². The van der Waals surface area contributed by atoms with Gasteiger partial charge in [0, 0.05) is 26.0 Å². The Kier molecular flexibility index (Phi) is 5.03. The van der Waals surface area contributed by atoms with Crippen molar-refractivity contribution < 1.29 is 0 Å². The van der Waals surface area contributed by atoms with Gasteiger partial charge in [0.05, 0.1) is 6.67 Å². The van der Waals surface area contributed by atoms with Crippen molar-refractivity contribution in [2.45, 2.75) is 6.42 Å². The molecule has 64 valence electrons. The predicted octanol–water partition coefficient (Wildman–Crippen LogP) is 1.82. The highest BCUT2D eigenvalue weighted by molar-refractivity contribution is 8.93.